The SMILES string of the molecule is CCOc1ccc(NC(=O)/C(C#N)=C\c2ccc(OCC)cc2OCC)cc1. The Kier molecular flexibility index (Phi) is 7.92. The Bertz CT molecular complexity index is 867. The lowest BCUT2D eigenvalue weighted by Crippen LogP contribution is -2.13. The first-order chi connectivity index (χ1) is 13.6. The van der Waals surface area contributed by atoms with Crippen molar-refractivity contribution in [2.24, 2.45) is 0 Å². The monoisotopic (exact) mass is 380 g/mol. The maximum atomic E-state index is 12.5. The Hall–Kier alpha value is -3.46. The molecule has 0 saturated heterocycles. The van der Waals surface area contributed by atoms with Gasteiger partial charge in [-0.1, -0.05) is 0 Å². The molecule has 0 aliphatic heterocycles. The van der Waals surface area contributed by atoms with Crippen molar-refractivity contribution < 1.29 is 19.0 Å². The van der Waals surface area contributed by atoms with E-state index >= 15 is 0 Å². The molecule has 0 unspecified atom stereocenters. The molecule has 0 saturated carbocycles. The standard InChI is InChI=1S/C22H24N2O4/c1-4-26-19-11-8-18(9-12-19)24-22(25)17(15-23)13-16-7-10-20(27-5-2)14-21(16)28-6-3/h7-14H,4-6H2,1-3H3,(H,24,25)/b17-13-. The number of hydrogen-bond acceptors (Lipinski definition) is 5. The van der Waals surface area contributed by atoms with Crippen LogP contribution in [0, 0.1) is 11.3 Å². The second-order valence-electron chi connectivity index (χ2n) is 5.65. The van der Waals surface area contributed by atoms with Crippen molar-refractivity contribution in [2.45, 2.75) is 20.8 Å². The largest absolute Gasteiger partial charge is 0.494 e. The van der Waals surface area contributed by atoms with Crippen LogP contribution in [0.4, 0.5) is 5.69 Å². The molecule has 0 aromatic heterocycles. The summed E-state index contributed by atoms with van der Waals surface area (Å²) in [5, 5.41) is 12.2. The fraction of sp³-hybridized carbons (Fsp3) is 0.273. The molecule has 0 bridgehead atoms. The van der Waals surface area contributed by atoms with Crippen molar-refractivity contribution in [3.63, 3.8) is 0 Å². The van der Waals surface area contributed by atoms with Gasteiger partial charge in [0.25, 0.3) is 5.91 Å². The second-order valence-corrected chi connectivity index (χ2v) is 5.65. The Labute approximate surface area is 165 Å². The van der Waals surface area contributed by atoms with Gasteiger partial charge in [-0.25, -0.2) is 0 Å². The third kappa shape index (κ3) is 5.78. The van der Waals surface area contributed by atoms with Crippen molar-refractivity contribution in [3.8, 4) is 23.3 Å². The lowest BCUT2D eigenvalue weighted by molar-refractivity contribution is -0.112. The van der Waals surface area contributed by atoms with Crippen molar-refractivity contribution >= 4 is 17.7 Å². The molecule has 1 amide bonds. The number of ether oxygens (including phenoxy) is 3. The summed E-state index contributed by atoms with van der Waals surface area (Å²) in [7, 11) is 0. The normalized spacial score (nSPS) is 10.7. The van der Waals surface area contributed by atoms with E-state index in [1.54, 1.807) is 42.5 Å². The quantitative estimate of drug-likeness (QED) is 0.514. The van der Waals surface area contributed by atoms with Crippen molar-refractivity contribution in [3.05, 3.63) is 53.6 Å². The molecule has 2 aromatic carbocycles. The third-order valence-corrected chi connectivity index (χ3v) is 3.68. The first kappa shape index (κ1) is 20.8. The Morgan fingerprint density at radius 3 is 2.18 bits per heavy atom. The second kappa shape index (κ2) is 10.6. The van der Waals surface area contributed by atoms with Gasteiger partial charge in [-0.3, -0.25) is 4.79 Å². The van der Waals surface area contributed by atoms with Crippen LogP contribution in [0.25, 0.3) is 6.08 Å². The molecule has 0 spiro atoms. The predicted molar refractivity (Wildman–Crippen MR) is 109 cm³/mol. The molecular weight excluding hydrogens is 356 g/mol. The molecule has 0 aliphatic carbocycles. The number of nitrogens with zero attached hydrogens (tertiary/aromatic N) is 1. The van der Waals surface area contributed by atoms with Gasteiger partial charge in [0.1, 0.15) is 28.9 Å². The average Bonchev–Trinajstić information content (AvgIpc) is 2.69. The topological polar surface area (TPSA) is 80.6 Å². The van der Waals surface area contributed by atoms with Crippen molar-refractivity contribution in [2.75, 3.05) is 25.1 Å². The highest BCUT2D eigenvalue weighted by Crippen LogP contribution is 2.27. The summed E-state index contributed by atoms with van der Waals surface area (Å²) in [5.41, 5.74) is 1.18. The molecule has 2 rings (SSSR count). The highest BCUT2D eigenvalue weighted by molar-refractivity contribution is 6.09. The summed E-state index contributed by atoms with van der Waals surface area (Å²) in [6.07, 6.45) is 1.50. The molecule has 146 valence electrons. The van der Waals surface area contributed by atoms with Crippen LogP contribution in [0.15, 0.2) is 48.0 Å². The van der Waals surface area contributed by atoms with E-state index in [1.165, 1.54) is 6.08 Å². The van der Waals surface area contributed by atoms with Crippen LogP contribution < -0.4 is 19.5 Å². The fourth-order valence-electron chi connectivity index (χ4n) is 2.47. The first-order valence-corrected chi connectivity index (χ1v) is 9.16. The van der Waals surface area contributed by atoms with E-state index in [9.17, 15) is 10.1 Å². The Balaban J connectivity index is 2.22. The lowest BCUT2D eigenvalue weighted by Gasteiger charge is -2.11. The van der Waals surface area contributed by atoms with E-state index in [-0.39, 0.29) is 5.57 Å². The van der Waals surface area contributed by atoms with Crippen molar-refractivity contribution in [1.82, 2.24) is 0 Å². The Morgan fingerprint density at radius 1 is 0.964 bits per heavy atom. The Morgan fingerprint density at radius 2 is 1.57 bits per heavy atom. The molecule has 0 radical (unpaired) electrons. The van der Waals surface area contributed by atoms with Gasteiger partial charge in [-0.2, -0.15) is 5.26 Å². The van der Waals surface area contributed by atoms with Gasteiger partial charge in [-0.15, -0.1) is 0 Å². The molecule has 0 heterocycles. The van der Waals surface area contributed by atoms with E-state index in [0.717, 1.165) is 0 Å². The number of amides is 1. The zero-order valence-corrected chi connectivity index (χ0v) is 16.3. The van der Waals surface area contributed by atoms with Gasteiger partial charge in [-0.05, 0) is 63.2 Å². The minimum Gasteiger partial charge on any atom is -0.494 e. The highest BCUT2D eigenvalue weighted by Gasteiger charge is 2.12. The number of nitriles is 1. The van der Waals surface area contributed by atoms with E-state index < -0.39 is 5.91 Å². The van der Waals surface area contributed by atoms with Gasteiger partial charge >= 0.3 is 0 Å². The number of carbonyl (C=O) groups is 1. The summed E-state index contributed by atoms with van der Waals surface area (Å²) >= 11 is 0. The lowest BCUT2D eigenvalue weighted by atomic mass is 10.1. The molecular formula is C22H24N2O4. The maximum Gasteiger partial charge on any atom is 0.266 e. The summed E-state index contributed by atoms with van der Waals surface area (Å²) in [5.74, 6) is 1.44. The third-order valence-electron chi connectivity index (χ3n) is 3.68. The van der Waals surface area contributed by atoms with Crippen LogP contribution in [-0.4, -0.2) is 25.7 Å². The van der Waals surface area contributed by atoms with Crippen LogP contribution in [0.3, 0.4) is 0 Å². The van der Waals surface area contributed by atoms with Crippen LogP contribution in [0.2, 0.25) is 0 Å². The maximum absolute atomic E-state index is 12.5. The van der Waals surface area contributed by atoms with E-state index in [0.29, 0.717) is 48.3 Å². The molecule has 6 heteroatoms. The molecule has 6 nitrogen and oxygen atoms in total. The number of anilines is 1. The van der Waals surface area contributed by atoms with Gasteiger partial charge in [0.15, 0.2) is 0 Å². The first-order valence-electron chi connectivity index (χ1n) is 9.16. The van der Waals surface area contributed by atoms with Crippen molar-refractivity contribution in [1.29, 1.82) is 5.26 Å². The van der Waals surface area contributed by atoms with Gasteiger partial charge in [0.2, 0.25) is 0 Å². The molecule has 2 aromatic rings. The summed E-state index contributed by atoms with van der Waals surface area (Å²) in [4.78, 5) is 12.5. The zero-order valence-electron chi connectivity index (χ0n) is 16.3. The van der Waals surface area contributed by atoms with E-state index in [2.05, 4.69) is 5.32 Å². The van der Waals surface area contributed by atoms with Crippen LogP contribution in [0.1, 0.15) is 26.3 Å². The average molecular weight is 380 g/mol. The minimum absolute atomic E-state index is 0.0287. The van der Waals surface area contributed by atoms with E-state index in [4.69, 9.17) is 14.2 Å². The summed E-state index contributed by atoms with van der Waals surface area (Å²) in [6, 6.07) is 14.2. The van der Waals surface area contributed by atoms with Gasteiger partial charge in [0.05, 0.1) is 19.8 Å². The number of hydrogen-bond donors (Lipinski definition) is 1. The van der Waals surface area contributed by atoms with Crippen LogP contribution >= 0.6 is 0 Å². The van der Waals surface area contributed by atoms with Gasteiger partial charge in [0, 0.05) is 17.3 Å². The highest BCUT2D eigenvalue weighted by atomic mass is 16.5. The number of benzene rings is 2. The molecule has 28 heavy (non-hydrogen) atoms. The zero-order chi connectivity index (χ0) is 20.4. The van der Waals surface area contributed by atoms with Crippen LogP contribution in [-0.2, 0) is 4.79 Å². The number of carbonyl (C=O) groups excluding carboxylic acids is 1. The fourth-order valence-corrected chi connectivity index (χ4v) is 2.47. The smallest absolute Gasteiger partial charge is 0.266 e. The summed E-state index contributed by atoms with van der Waals surface area (Å²) in [6.45, 7) is 7.22. The molecule has 0 fully saturated rings. The minimum atomic E-state index is -0.497. The molecule has 0 atom stereocenters. The number of rotatable bonds is 9. The number of nitrogens with one attached hydrogen (secondary N) is 1. The van der Waals surface area contributed by atoms with Gasteiger partial charge < -0.3 is 19.5 Å². The molecule has 0 aliphatic rings. The van der Waals surface area contributed by atoms with E-state index in [1.807, 2.05) is 26.8 Å². The molecule has 1 N–H and O–H groups in total. The predicted octanol–water partition coefficient (Wildman–Crippen LogP) is 4.43. The summed E-state index contributed by atoms with van der Waals surface area (Å²) < 4.78 is 16.5. The van der Waals surface area contributed by atoms with Crippen LogP contribution in [0.5, 0.6) is 17.2 Å².